The van der Waals surface area contributed by atoms with Gasteiger partial charge in [0, 0.05) is 70.6 Å². The molecule has 4 heterocycles. The molecule has 9 heteroatoms. The molecule has 0 aliphatic heterocycles. The summed E-state index contributed by atoms with van der Waals surface area (Å²) in [7, 11) is 0. The normalized spacial score (nSPS) is 10.4. The van der Waals surface area contributed by atoms with E-state index in [1.807, 2.05) is 72.8 Å². The van der Waals surface area contributed by atoms with Gasteiger partial charge in [-0.05, 0) is 34.9 Å². The van der Waals surface area contributed by atoms with Crippen molar-refractivity contribution in [3.8, 4) is 85.8 Å². The molecule has 0 N–H and O–H groups in total. The van der Waals surface area contributed by atoms with Crippen molar-refractivity contribution in [3.63, 3.8) is 0 Å². The lowest BCUT2D eigenvalue weighted by molar-refractivity contribution is 1.07. The lowest BCUT2D eigenvalue weighted by Gasteiger charge is -2.11. The molecule has 0 amide bonds. The monoisotopic (exact) mass is 615 g/mol. The lowest BCUT2D eigenvalue weighted by atomic mass is 10.0. The highest BCUT2D eigenvalue weighted by atomic mass is 15.0. The zero-order valence-corrected chi connectivity index (χ0v) is 25.1. The topological polar surface area (TPSA) is 149 Å². The molecule has 9 nitrogen and oxygen atoms in total. The molecule has 4 aromatic heterocycles. The van der Waals surface area contributed by atoms with E-state index in [1.54, 1.807) is 55.4 Å². The van der Waals surface area contributed by atoms with Crippen LogP contribution in [0.4, 0.5) is 0 Å². The van der Waals surface area contributed by atoms with Crippen LogP contribution in [-0.4, -0.2) is 29.9 Å². The number of rotatable bonds is 6. The smallest absolute Gasteiger partial charge is 0.164 e. The van der Waals surface area contributed by atoms with Crippen LogP contribution < -0.4 is 0 Å². The summed E-state index contributed by atoms with van der Waals surface area (Å²) >= 11 is 0. The van der Waals surface area contributed by atoms with Crippen molar-refractivity contribution in [1.29, 1.82) is 15.8 Å². The summed E-state index contributed by atoms with van der Waals surface area (Å²) in [5.41, 5.74) is 8.68. The Balaban J connectivity index is 1.30. The molecule has 7 rings (SSSR count). The van der Waals surface area contributed by atoms with E-state index in [4.69, 9.17) is 15.0 Å². The van der Waals surface area contributed by atoms with Gasteiger partial charge in [0.1, 0.15) is 0 Å². The SMILES string of the molecule is N#Cc1ccncc1-c1ccc(-c2nc(-c3ccc(-c4cnccc4C#N)cc3)nc(-c3ccc(-c4cnccc4C#N)cc3)n2)cc1. The van der Waals surface area contributed by atoms with Crippen molar-refractivity contribution < 1.29 is 0 Å². The molecule has 0 aliphatic rings. The van der Waals surface area contributed by atoms with Gasteiger partial charge < -0.3 is 0 Å². The minimum Gasteiger partial charge on any atom is -0.264 e. The minimum atomic E-state index is 0.472. The van der Waals surface area contributed by atoms with E-state index in [-0.39, 0.29) is 0 Å². The van der Waals surface area contributed by atoms with Crippen molar-refractivity contribution >= 4 is 0 Å². The molecular formula is C39H21N9. The average molecular weight is 616 g/mol. The Kier molecular flexibility index (Phi) is 7.88. The van der Waals surface area contributed by atoms with E-state index in [0.717, 1.165) is 50.1 Å². The van der Waals surface area contributed by atoms with Crippen molar-refractivity contribution in [2.24, 2.45) is 0 Å². The first-order chi connectivity index (χ1) is 23.6. The summed E-state index contributed by atoms with van der Waals surface area (Å²) < 4.78 is 0. The van der Waals surface area contributed by atoms with Crippen LogP contribution in [0.3, 0.4) is 0 Å². The Hall–Kier alpha value is -7.41. The summed E-state index contributed by atoms with van der Waals surface area (Å²) in [5, 5.41) is 28.7. The van der Waals surface area contributed by atoms with E-state index >= 15 is 0 Å². The van der Waals surface area contributed by atoms with Crippen LogP contribution in [0.5, 0.6) is 0 Å². The molecule has 0 fully saturated rings. The standard InChI is InChI=1S/C39H21N9/c40-19-31-13-16-43-22-34(31)25-1-7-28(8-2-25)37-46-38(29-9-3-26(4-10-29)35-23-44-17-14-32(35)20-41)48-39(47-37)30-11-5-27(6-12-30)36-24-45-18-15-33(36)21-42/h1-18,22-24H. The fourth-order valence-electron chi connectivity index (χ4n) is 5.33. The van der Waals surface area contributed by atoms with Crippen LogP contribution in [0.25, 0.3) is 67.5 Å². The van der Waals surface area contributed by atoms with Crippen molar-refractivity contribution in [2.45, 2.75) is 0 Å². The van der Waals surface area contributed by atoms with Crippen LogP contribution in [0, 0.1) is 34.0 Å². The Labute approximate surface area is 275 Å². The first kappa shape index (κ1) is 29.3. The molecule has 0 saturated carbocycles. The first-order valence-corrected chi connectivity index (χ1v) is 14.8. The van der Waals surface area contributed by atoms with Crippen molar-refractivity contribution in [2.75, 3.05) is 0 Å². The second-order valence-corrected chi connectivity index (χ2v) is 10.6. The van der Waals surface area contributed by atoms with Gasteiger partial charge in [-0.3, -0.25) is 15.0 Å². The molecule has 48 heavy (non-hydrogen) atoms. The summed E-state index contributed by atoms with van der Waals surface area (Å²) in [5.74, 6) is 1.42. The van der Waals surface area contributed by atoms with E-state index in [2.05, 4.69) is 33.2 Å². The zero-order valence-electron chi connectivity index (χ0n) is 25.1. The third-order valence-electron chi connectivity index (χ3n) is 7.82. The predicted octanol–water partition coefficient (Wildman–Crippen LogP) is 7.67. The molecule has 0 radical (unpaired) electrons. The molecule has 7 aromatic rings. The molecular weight excluding hydrogens is 594 g/mol. The Morgan fingerprint density at radius 1 is 0.333 bits per heavy atom. The lowest BCUT2D eigenvalue weighted by Crippen LogP contribution is -2.00. The van der Waals surface area contributed by atoms with Gasteiger partial charge >= 0.3 is 0 Å². The van der Waals surface area contributed by atoms with Crippen LogP contribution in [0.15, 0.2) is 128 Å². The summed E-state index contributed by atoms with van der Waals surface area (Å²) in [6, 6.07) is 34.7. The third kappa shape index (κ3) is 5.73. The molecule has 0 unspecified atom stereocenters. The van der Waals surface area contributed by atoms with E-state index < -0.39 is 0 Å². The fraction of sp³-hybridized carbons (Fsp3) is 0. The molecule has 0 atom stereocenters. The molecule has 0 aliphatic carbocycles. The van der Waals surface area contributed by atoms with Gasteiger partial charge in [0.2, 0.25) is 0 Å². The highest BCUT2D eigenvalue weighted by Crippen LogP contribution is 2.31. The van der Waals surface area contributed by atoms with Crippen LogP contribution in [-0.2, 0) is 0 Å². The largest absolute Gasteiger partial charge is 0.264 e. The number of hydrogen-bond donors (Lipinski definition) is 0. The Morgan fingerprint density at radius 3 is 0.833 bits per heavy atom. The highest BCUT2D eigenvalue weighted by molar-refractivity contribution is 5.76. The van der Waals surface area contributed by atoms with Gasteiger partial charge in [-0.25, -0.2) is 15.0 Å². The van der Waals surface area contributed by atoms with Gasteiger partial charge in [0.05, 0.1) is 34.9 Å². The summed E-state index contributed by atoms with van der Waals surface area (Å²) in [6.07, 6.45) is 9.83. The Morgan fingerprint density at radius 2 is 0.583 bits per heavy atom. The average Bonchev–Trinajstić information content (AvgIpc) is 3.18. The number of nitrogens with zero attached hydrogens (tertiary/aromatic N) is 9. The quantitative estimate of drug-likeness (QED) is 0.184. The maximum atomic E-state index is 9.57. The number of benzene rings is 3. The van der Waals surface area contributed by atoms with Gasteiger partial charge in [-0.2, -0.15) is 15.8 Å². The highest BCUT2D eigenvalue weighted by Gasteiger charge is 2.15. The van der Waals surface area contributed by atoms with Gasteiger partial charge in [-0.15, -0.1) is 0 Å². The predicted molar refractivity (Wildman–Crippen MR) is 180 cm³/mol. The number of nitriles is 3. The Bertz CT molecular complexity index is 2130. The minimum absolute atomic E-state index is 0.472. The molecule has 0 saturated heterocycles. The number of pyridine rings is 3. The molecule has 0 bridgehead atoms. The van der Waals surface area contributed by atoms with E-state index in [0.29, 0.717) is 34.2 Å². The van der Waals surface area contributed by atoms with Gasteiger partial charge in [0.25, 0.3) is 0 Å². The maximum Gasteiger partial charge on any atom is 0.164 e. The molecule has 0 spiro atoms. The van der Waals surface area contributed by atoms with Crippen molar-refractivity contribution in [1.82, 2.24) is 29.9 Å². The van der Waals surface area contributed by atoms with Gasteiger partial charge in [-0.1, -0.05) is 72.8 Å². The third-order valence-corrected chi connectivity index (χ3v) is 7.82. The second-order valence-electron chi connectivity index (χ2n) is 10.6. The van der Waals surface area contributed by atoms with E-state index in [9.17, 15) is 15.8 Å². The zero-order chi connectivity index (χ0) is 32.9. The number of aromatic nitrogens is 6. The number of hydrogen-bond acceptors (Lipinski definition) is 9. The van der Waals surface area contributed by atoms with Gasteiger partial charge in [0.15, 0.2) is 17.5 Å². The first-order valence-electron chi connectivity index (χ1n) is 14.8. The maximum absolute atomic E-state index is 9.57. The second kappa shape index (κ2) is 12.9. The molecule has 3 aromatic carbocycles. The summed E-state index contributed by atoms with van der Waals surface area (Å²) in [4.78, 5) is 27.2. The van der Waals surface area contributed by atoms with Crippen LogP contribution in [0.1, 0.15) is 16.7 Å². The van der Waals surface area contributed by atoms with Crippen LogP contribution in [0.2, 0.25) is 0 Å². The molecule has 222 valence electrons. The summed E-state index contributed by atoms with van der Waals surface area (Å²) in [6.45, 7) is 0. The van der Waals surface area contributed by atoms with Crippen LogP contribution >= 0.6 is 0 Å². The van der Waals surface area contributed by atoms with E-state index in [1.165, 1.54) is 0 Å². The van der Waals surface area contributed by atoms with Crippen molar-refractivity contribution in [3.05, 3.63) is 145 Å². The fourth-order valence-corrected chi connectivity index (χ4v) is 5.33.